The first-order valence-corrected chi connectivity index (χ1v) is 4.83. The highest BCUT2D eigenvalue weighted by Crippen LogP contribution is 2.54. The van der Waals surface area contributed by atoms with Crippen molar-refractivity contribution in [2.75, 3.05) is 6.61 Å². The van der Waals surface area contributed by atoms with E-state index < -0.39 is 29.1 Å². The van der Waals surface area contributed by atoms with Gasteiger partial charge in [-0.15, -0.1) is 0 Å². The minimum Gasteiger partial charge on any atom is -0.393 e. The van der Waals surface area contributed by atoms with Crippen molar-refractivity contribution in [2.45, 2.75) is 24.5 Å². The first kappa shape index (κ1) is 9.06. The van der Waals surface area contributed by atoms with Crippen molar-refractivity contribution in [3.63, 3.8) is 0 Å². The molecule has 3 aliphatic heterocycles. The zero-order valence-corrected chi connectivity index (χ0v) is 7.93. The summed E-state index contributed by atoms with van der Waals surface area (Å²) in [5.41, 5.74) is -1.66. The molecule has 5 heteroatoms. The maximum absolute atomic E-state index is 11.6. The summed E-state index contributed by atoms with van der Waals surface area (Å²) in [6.45, 7) is -0.177. The first-order valence-electron chi connectivity index (χ1n) is 4.83. The van der Waals surface area contributed by atoms with Gasteiger partial charge in [-0.3, -0.25) is 9.59 Å². The predicted molar refractivity (Wildman–Crippen MR) is 46.6 cm³/mol. The second-order valence-electron chi connectivity index (χ2n) is 4.39. The number of aliphatic hydroxyl groups is 1. The van der Waals surface area contributed by atoms with Crippen LogP contribution in [0, 0.1) is 5.41 Å². The fourth-order valence-electron chi connectivity index (χ4n) is 2.69. The van der Waals surface area contributed by atoms with Crippen LogP contribution < -0.4 is 0 Å². The number of ether oxygens (including phenoxy) is 2. The smallest absolute Gasteiger partial charge is 0.323 e. The third kappa shape index (κ3) is 0.943. The van der Waals surface area contributed by atoms with Gasteiger partial charge in [-0.1, -0.05) is 12.2 Å². The van der Waals surface area contributed by atoms with Crippen LogP contribution in [0.25, 0.3) is 0 Å². The average molecular weight is 210 g/mol. The Labute approximate surface area is 85.7 Å². The Hall–Kier alpha value is -1.20. The van der Waals surface area contributed by atoms with E-state index >= 15 is 0 Å². The summed E-state index contributed by atoms with van der Waals surface area (Å²) in [6, 6.07) is 0. The van der Waals surface area contributed by atoms with Crippen molar-refractivity contribution in [3.05, 3.63) is 12.2 Å². The second-order valence-corrected chi connectivity index (χ2v) is 4.39. The predicted octanol–water partition coefficient (Wildman–Crippen LogP) is -0.464. The summed E-state index contributed by atoms with van der Waals surface area (Å²) in [5, 5.41) is 9.23. The highest BCUT2D eigenvalue weighted by Gasteiger charge is 2.65. The van der Waals surface area contributed by atoms with Crippen LogP contribution in [-0.4, -0.2) is 35.4 Å². The van der Waals surface area contributed by atoms with E-state index in [0.29, 0.717) is 6.42 Å². The Kier molecular flexibility index (Phi) is 1.50. The monoisotopic (exact) mass is 210 g/mol. The number of aliphatic hydroxyl groups excluding tert-OH is 1. The lowest BCUT2D eigenvalue weighted by molar-refractivity contribution is -0.155. The Morgan fingerprint density at radius 2 is 2.33 bits per heavy atom. The topological polar surface area (TPSA) is 72.8 Å². The first-order chi connectivity index (χ1) is 7.10. The molecule has 0 amide bonds. The van der Waals surface area contributed by atoms with Crippen LogP contribution in [0.15, 0.2) is 12.2 Å². The molecule has 2 fully saturated rings. The van der Waals surface area contributed by atoms with E-state index in [-0.39, 0.29) is 13.0 Å². The second kappa shape index (κ2) is 2.48. The lowest BCUT2D eigenvalue weighted by atomic mass is 9.72. The van der Waals surface area contributed by atoms with Gasteiger partial charge in [0.05, 0.1) is 19.1 Å². The van der Waals surface area contributed by atoms with E-state index in [1.807, 2.05) is 0 Å². The molecule has 3 atom stereocenters. The zero-order chi connectivity index (χ0) is 10.7. The van der Waals surface area contributed by atoms with Gasteiger partial charge in [0.2, 0.25) is 0 Å². The zero-order valence-electron chi connectivity index (χ0n) is 7.93. The number of hydrogen-bond donors (Lipinski definition) is 1. The highest BCUT2D eigenvalue weighted by atomic mass is 16.6. The van der Waals surface area contributed by atoms with Gasteiger partial charge in [-0.05, 0) is 0 Å². The Bertz CT molecular complexity index is 387. The quantitative estimate of drug-likeness (QED) is 0.360. The molecule has 2 bridgehead atoms. The van der Waals surface area contributed by atoms with Crippen LogP contribution in [0.3, 0.4) is 0 Å². The number of carbonyl (C=O) groups excluding carboxylic acids is 2. The number of carbonyl (C=O) groups is 2. The third-order valence-electron chi connectivity index (χ3n) is 3.44. The number of esters is 2. The van der Waals surface area contributed by atoms with E-state index in [0.717, 1.165) is 0 Å². The highest BCUT2D eigenvalue weighted by molar-refractivity contribution is 5.98. The minimum absolute atomic E-state index is 0.0581. The number of rotatable bonds is 1. The van der Waals surface area contributed by atoms with E-state index in [2.05, 4.69) is 4.74 Å². The molecule has 0 radical (unpaired) electrons. The molecule has 0 aromatic rings. The molecular weight excluding hydrogens is 200 g/mol. The minimum atomic E-state index is -0.880. The van der Waals surface area contributed by atoms with Gasteiger partial charge in [-0.25, -0.2) is 0 Å². The molecule has 1 N–H and O–H groups in total. The van der Waals surface area contributed by atoms with Crippen LogP contribution in [-0.2, 0) is 19.1 Å². The third-order valence-corrected chi connectivity index (χ3v) is 3.44. The molecular formula is C10H10O5. The molecule has 0 saturated carbocycles. The van der Waals surface area contributed by atoms with Crippen molar-refractivity contribution in [3.8, 4) is 0 Å². The summed E-state index contributed by atoms with van der Waals surface area (Å²) < 4.78 is 10.1. The molecule has 3 unspecified atom stereocenters. The molecule has 1 spiro atoms. The average Bonchev–Trinajstić information content (AvgIpc) is 2.81. The summed E-state index contributed by atoms with van der Waals surface area (Å²) in [6.07, 6.45) is 3.47. The maximum Gasteiger partial charge on any atom is 0.323 e. The Morgan fingerprint density at radius 1 is 1.53 bits per heavy atom. The van der Waals surface area contributed by atoms with Crippen LogP contribution >= 0.6 is 0 Å². The Morgan fingerprint density at radius 3 is 2.87 bits per heavy atom. The van der Waals surface area contributed by atoms with Crippen LogP contribution in [0.2, 0.25) is 0 Å². The van der Waals surface area contributed by atoms with Crippen LogP contribution in [0.4, 0.5) is 0 Å². The molecule has 5 nitrogen and oxygen atoms in total. The molecule has 2 saturated heterocycles. The number of cyclic esters (lactones) is 2. The van der Waals surface area contributed by atoms with Crippen molar-refractivity contribution in [2.24, 2.45) is 5.41 Å². The van der Waals surface area contributed by atoms with Crippen molar-refractivity contribution in [1.29, 1.82) is 0 Å². The van der Waals surface area contributed by atoms with Gasteiger partial charge < -0.3 is 14.6 Å². The fourth-order valence-corrected chi connectivity index (χ4v) is 2.69. The molecule has 3 aliphatic rings. The van der Waals surface area contributed by atoms with Gasteiger partial charge in [0.25, 0.3) is 0 Å². The van der Waals surface area contributed by atoms with Gasteiger partial charge in [0.15, 0.2) is 0 Å². The summed E-state index contributed by atoms with van der Waals surface area (Å²) in [5.74, 6) is -1.02. The summed E-state index contributed by atoms with van der Waals surface area (Å²) in [7, 11) is 0. The Balaban J connectivity index is 2.01. The van der Waals surface area contributed by atoms with Gasteiger partial charge in [0, 0.05) is 6.42 Å². The van der Waals surface area contributed by atoms with Crippen molar-refractivity contribution in [1.82, 2.24) is 0 Å². The van der Waals surface area contributed by atoms with E-state index in [1.165, 1.54) is 0 Å². The SMILES string of the molecule is O=C1CC2(CC3(CO)C=CC2O3)C(=O)O1. The fraction of sp³-hybridized carbons (Fsp3) is 0.600. The molecule has 15 heavy (non-hydrogen) atoms. The van der Waals surface area contributed by atoms with Crippen molar-refractivity contribution < 1.29 is 24.2 Å². The molecule has 0 aliphatic carbocycles. The standard InChI is InChI=1S/C10H10O5/c11-5-9-2-1-6(15-9)10(4-9)3-7(12)14-8(10)13/h1-2,6,11H,3-5H2. The number of hydrogen-bond acceptors (Lipinski definition) is 5. The van der Waals surface area contributed by atoms with Gasteiger partial charge >= 0.3 is 11.9 Å². The molecule has 3 rings (SSSR count). The lowest BCUT2D eigenvalue weighted by Gasteiger charge is -2.24. The molecule has 3 heterocycles. The normalized spacial score (nSPS) is 46.9. The van der Waals surface area contributed by atoms with Gasteiger partial charge in [-0.2, -0.15) is 0 Å². The van der Waals surface area contributed by atoms with E-state index in [4.69, 9.17) is 4.74 Å². The summed E-state index contributed by atoms with van der Waals surface area (Å²) >= 11 is 0. The summed E-state index contributed by atoms with van der Waals surface area (Å²) in [4.78, 5) is 22.7. The molecule has 0 aromatic heterocycles. The molecule has 80 valence electrons. The van der Waals surface area contributed by atoms with Gasteiger partial charge in [0.1, 0.15) is 11.0 Å². The maximum atomic E-state index is 11.6. The van der Waals surface area contributed by atoms with Crippen LogP contribution in [0.5, 0.6) is 0 Å². The largest absolute Gasteiger partial charge is 0.393 e. The van der Waals surface area contributed by atoms with Crippen LogP contribution in [0.1, 0.15) is 12.8 Å². The lowest BCUT2D eigenvalue weighted by Crippen LogP contribution is -2.37. The van der Waals surface area contributed by atoms with E-state index in [9.17, 15) is 14.7 Å². The number of fused-ring (bicyclic) bond motifs is 3. The van der Waals surface area contributed by atoms with E-state index in [1.54, 1.807) is 12.2 Å². The molecule has 0 aromatic carbocycles. The van der Waals surface area contributed by atoms with Crippen molar-refractivity contribution >= 4 is 11.9 Å².